The number of benzene rings is 1. The Morgan fingerprint density at radius 3 is 2.33 bits per heavy atom. The molecule has 1 aromatic heterocycles. The second-order valence-electron chi connectivity index (χ2n) is 3.50. The number of halogens is 3. The molecule has 96 valence electrons. The molecule has 0 bridgehead atoms. The molecule has 0 fully saturated rings. The van der Waals surface area contributed by atoms with Crippen LogP contribution in [0.4, 0.5) is 8.78 Å². The lowest BCUT2D eigenvalue weighted by Crippen LogP contribution is -2.14. The molecule has 18 heavy (non-hydrogen) atoms. The van der Waals surface area contributed by atoms with Gasteiger partial charge in [0, 0.05) is 10.7 Å². The van der Waals surface area contributed by atoms with Crippen LogP contribution in [0.1, 0.15) is 12.1 Å². The third kappa shape index (κ3) is 2.32. The minimum absolute atomic E-state index is 0.0324. The van der Waals surface area contributed by atoms with Gasteiger partial charge < -0.3 is 0 Å². The summed E-state index contributed by atoms with van der Waals surface area (Å²) in [5.74, 6) is 0. The van der Waals surface area contributed by atoms with Crippen molar-refractivity contribution in [1.82, 2.24) is 3.97 Å². The van der Waals surface area contributed by atoms with Crippen molar-refractivity contribution in [1.29, 1.82) is 0 Å². The lowest BCUT2D eigenvalue weighted by molar-refractivity contribution is 0.145. The highest BCUT2D eigenvalue weighted by atomic mass is 79.9. The van der Waals surface area contributed by atoms with Crippen molar-refractivity contribution in [2.75, 3.05) is 0 Å². The molecule has 0 aliphatic rings. The molecule has 3 nitrogen and oxygen atoms in total. The van der Waals surface area contributed by atoms with Crippen molar-refractivity contribution in [2.45, 2.75) is 11.3 Å². The Bertz CT molecular complexity index is 653. The molecular weight excluding hydrogens is 328 g/mol. The van der Waals surface area contributed by atoms with Gasteiger partial charge in [-0.3, -0.25) is 0 Å². The highest BCUT2D eigenvalue weighted by Gasteiger charge is 2.24. The zero-order chi connectivity index (χ0) is 13.3. The quantitative estimate of drug-likeness (QED) is 0.862. The molecule has 1 aromatic carbocycles. The SMILES string of the molecule is O=S(=O)(c1ccccc1)n1cc(Br)cc1C(F)F. The summed E-state index contributed by atoms with van der Waals surface area (Å²) in [6.07, 6.45) is -1.75. The summed E-state index contributed by atoms with van der Waals surface area (Å²) in [7, 11) is -3.99. The second kappa shape index (κ2) is 4.81. The normalized spacial score (nSPS) is 12.0. The Hall–Kier alpha value is -1.21. The number of aromatic nitrogens is 1. The fourth-order valence-corrected chi connectivity index (χ4v) is 3.47. The van der Waals surface area contributed by atoms with Crippen LogP contribution in [0.2, 0.25) is 0 Å². The zero-order valence-corrected chi connectivity index (χ0v) is 11.3. The topological polar surface area (TPSA) is 39.1 Å². The van der Waals surface area contributed by atoms with Crippen LogP contribution in [0.25, 0.3) is 0 Å². The maximum atomic E-state index is 12.8. The fraction of sp³-hybridized carbons (Fsp3) is 0.0909. The van der Waals surface area contributed by atoms with Crippen molar-refractivity contribution >= 4 is 26.0 Å². The Labute approximate surface area is 111 Å². The first-order valence-electron chi connectivity index (χ1n) is 4.89. The minimum Gasteiger partial charge on any atom is -0.239 e. The van der Waals surface area contributed by atoms with Crippen LogP contribution in [0.3, 0.4) is 0 Å². The lowest BCUT2D eigenvalue weighted by atomic mass is 10.4. The van der Waals surface area contributed by atoms with Gasteiger partial charge in [-0.1, -0.05) is 18.2 Å². The van der Waals surface area contributed by atoms with E-state index in [2.05, 4.69) is 15.9 Å². The number of hydrogen-bond acceptors (Lipinski definition) is 2. The molecule has 0 N–H and O–H groups in total. The Balaban J connectivity index is 2.62. The van der Waals surface area contributed by atoms with Gasteiger partial charge in [-0.25, -0.2) is 21.2 Å². The van der Waals surface area contributed by atoms with E-state index in [0.717, 1.165) is 12.3 Å². The summed E-state index contributed by atoms with van der Waals surface area (Å²) in [6.45, 7) is 0. The van der Waals surface area contributed by atoms with Crippen LogP contribution in [0.5, 0.6) is 0 Å². The lowest BCUT2D eigenvalue weighted by Gasteiger charge is -2.09. The summed E-state index contributed by atoms with van der Waals surface area (Å²) in [5.41, 5.74) is -0.564. The van der Waals surface area contributed by atoms with Gasteiger partial charge in [0.2, 0.25) is 0 Å². The molecule has 0 aliphatic carbocycles. The maximum absolute atomic E-state index is 12.8. The molecule has 0 amide bonds. The molecule has 0 atom stereocenters. The molecule has 0 unspecified atom stereocenters. The predicted molar refractivity (Wildman–Crippen MR) is 66.1 cm³/mol. The molecule has 0 saturated heterocycles. The third-order valence-corrected chi connectivity index (χ3v) is 4.44. The van der Waals surface area contributed by atoms with E-state index >= 15 is 0 Å². The summed E-state index contributed by atoms with van der Waals surface area (Å²) < 4.78 is 50.8. The summed E-state index contributed by atoms with van der Waals surface area (Å²) in [4.78, 5) is -0.0324. The predicted octanol–water partition coefficient (Wildman–Crippen LogP) is 3.43. The Kier molecular flexibility index (Phi) is 3.54. The average molecular weight is 336 g/mol. The largest absolute Gasteiger partial charge is 0.279 e. The third-order valence-electron chi connectivity index (χ3n) is 2.30. The van der Waals surface area contributed by atoms with Crippen LogP contribution in [-0.4, -0.2) is 12.4 Å². The van der Waals surface area contributed by atoms with Gasteiger partial charge in [-0.2, -0.15) is 0 Å². The first-order valence-corrected chi connectivity index (χ1v) is 7.13. The zero-order valence-electron chi connectivity index (χ0n) is 8.92. The Morgan fingerprint density at radius 1 is 1.17 bits per heavy atom. The summed E-state index contributed by atoms with van der Waals surface area (Å²) in [6, 6.07) is 8.53. The molecule has 0 aliphatic heterocycles. The summed E-state index contributed by atoms with van der Waals surface area (Å²) >= 11 is 3.00. The molecule has 2 rings (SSSR count). The first-order chi connectivity index (χ1) is 8.43. The van der Waals surface area contributed by atoms with E-state index < -0.39 is 22.1 Å². The van der Waals surface area contributed by atoms with Gasteiger partial charge in [0.1, 0.15) is 5.69 Å². The highest BCUT2D eigenvalue weighted by Crippen LogP contribution is 2.28. The van der Waals surface area contributed by atoms with Crippen molar-refractivity contribution in [2.24, 2.45) is 0 Å². The van der Waals surface area contributed by atoms with Crippen LogP contribution < -0.4 is 0 Å². The van der Waals surface area contributed by atoms with E-state index in [1.807, 2.05) is 0 Å². The van der Waals surface area contributed by atoms with E-state index in [1.165, 1.54) is 24.3 Å². The first kappa shape index (κ1) is 13.2. The van der Waals surface area contributed by atoms with E-state index in [9.17, 15) is 17.2 Å². The van der Waals surface area contributed by atoms with Gasteiger partial charge in [-0.15, -0.1) is 0 Å². The van der Waals surface area contributed by atoms with Crippen molar-refractivity contribution in [3.05, 3.63) is 52.8 Å². The number of nitrogens with zero attached hydrogens (tertiary/aromatic N) is 1. The number of alkyl halides is 2. The molecule has 0 saturated carbocycles. The molecule has 1 heterocycles. The molecular formula is C11H8BrF2NO2S. The molecule has 2 aromatic rings. The minimum atomic E-state index is -3.99. The van der Waals surface area contributed by atoms with Crippen molar-refractivity contribution in [3.8, 4) is 0 Å². The van der Waals surface area contributed by atoms with Crippen molar-refractivity contribution < 1.29 is 17.2 Å². The second-order valence-corrected chi connectivity index (χ2v) is 6.23. The maximum Gasteiger partial charge on any atom is 0.279 e. The van der Waals surface area contributed by atoms with Crippen LogP contribution >= 0.6 is 15.9 Å². The van der Waals surface area contributed by atoms with Crippen LogP contribution in [0.15, 0.2) is 52.0 Å². The molecule has 7 heteroatoms. The van der Waals surface area contributed by atoms with Gasteiger partial charge in [-0.05, 0) is 34.1 Å². The average Bonchev–Trinajstić information content (AvgIpc) is 2.73. The van der Waals surface area contributed by atoms with E-state index in [-0.39, 0.29) is 9.37 Å². The highest BCUT2D eigenvalue weighted by molar-refractivity contribution is 9.10. The molecule has 0 spiro atoms. The van der Waals surface area contributed by atoms with Crippen LogP contribution in [0, 0.1) is 0 Å². The van der Waals surface area contributed by atoms with Crippen LogP contribution in [-0.2, 0) is 10.0 Å². The van der Waals surface area contributed by atoms with E-state index in [1.54, 1.807) is 6.07 Å². The van der Waals surface area contributed by atoms with Gasteiger partial charge in [0.05, 0.1) is 4.90 Å². The van der Waals surface area contributed by atoms with Gasteiger partial charge >= 0.3 is 0 Å². The monoisotopic (exact) mass is 335 g/mol. The van der Waals surface area contributed by atoms with Gasteiger partial charge in [0.25, 0.3) is 16.4 Å². The summed E-state index contributed by atoms with van der Waals surface area (Å²) in [5, 5.41) is 0. The Morgan fingerprint density at radius 2 is 1.78 bits per heavy atom. The molecule has 0 radical (unpaired) electrons. The van der Waals surface area contributed by atoms with Gasteiger partial charge in [0.15, 0.2) is 0 Å². The number of hydrogen-bond donors (Lipinski definition) is 0. The standard InChI is InChI=1S/C11H8BrF2NO2S/c12-8-6-10(11(13)14)15(7-8)18(16,17)9-4-2-1-3-5-9/h1-7,11H. The van der Waals surface area contributed by atoms with E-state index in [0.29, 0.717) is 3.97 Å². The smallest absolute Gasteiger partial charge is 0.239 e. The number of rotatable bonds is 3. The fourth-order valence-electron chi connectivity index (χ4n) is 1.50. The van der Waals surface area contributed by atoms with E-state index in [4.69, 9.17) is 0 Å². The van der Waals surface area contributed by atoms with Crippen molar-refractivity contribution in [3.63, 3.8) is 0 Å².